The summed E-state index contributed by atoms with van der Waals surface area (Å²) in [6.07, 6.45) is 5.80. The van der Waals surface area contributed by atoms with E-state index in [2.05, 4.69) is 13.0 Å². The zero-order valence-corrected chi connectivity index (χ0v) is 9.20. The van der Waals surface area contributed by atoms with E-state index in [0.29, 0.717) is 18.4 Å². The number of allylic oxidation sites excluding steroid dienone is 2. The minimum atomic E-state index is -0.711. The van der Waals surface area contributed by atoms with E-state index in [0.717, 1.165) is 12.8 Å². The van der Waals surface area contributed by atoms with Crippen LogP contribution in [-0.2, 0) is 4.79 Å². The quantitative estimate of drug-likeness (QED) is 0.694. The average Bonchev–Trinajstić information content (AvgIpc) is 2.53. The fourth-order valence-electron chi connectivity index (χ4n) is 3.34. The van der Waals surface area contributed by atoms with Crippen LogP contribution in [0.4, 0.5) is 0 Å². The van der Waals surface area contributed by atoms with Crippen molar-refractivity contribution < 1.29 is 9.90 Å². The molecule has 0 amide bonds. The Morgan fingerprint density at radius 1 is 1.73 bits per heavy atom. The van der Waals surface area contributed by atoms with Crippen molar-refractivity contribution in [2.45, 2.75) is 32.6 Å². The number of aliphatic carboxylic acids is 1. The molecule has 0 aliphatic heterocycles. The molecule has 0 aromatic heterocycles. The molecule has 0 aromatic carbocycles. The van der Waals surface area contributed by atoms with Crippen molar-refractivity contribution in [2.24, 2.45) is 23.0 Å². The highest BCUT2D eigenvalue weighted by molar-refractivity contribution is 5.68. The van der Waals surface area contributed by atoms with Gasteiger partial charge in [-0.1, -0.05) is 18.6 Å². The van der Waals surface area contributed by atoms with Crippen LogP contribution < -0.4 is 5.73 Å². The van der Waals surface area contributed by atoms with Gasteiger partial charge in [-0.3, -0.25) is 4.79 Å². The monoisotopic (exact) mass is 209 g/mol. The Labute approximate surface area is 90.3 Å². The molecule has 0 heterocycles. The van der Waals surface area contributed by atoms with Crippen molar-refractivity contribution in [2.75, 3.05) is 6.54 Å². The van der Waals surface area contributed by atoms with E-state index in [1.54, 1.807) is 0 Å². The fraction of sp³-hybridized carbons (Fsp3) is 0.750. The van der Waals surface area contributed by atoms with Crippen molar-refractivity contribution in [3.05, 3.63) is 11.6 Å². The number of carboxylic acid groups (broad SMARTS) is 1. The summed E-state index contributed by atoms with van der Waals surface area (Å²) in [5.41, 5.74) is 7.13. The molecule has 84 valence electrons. The largest absolute Gasteiger partial charge is 0.481 e. The number of carbonyl (C=O) groups is 1. The molecular formula is C12H19NO2. The smallest absolute Gasteiger partial charge is 0.303 e. The van der Waals surface area contributed by atoms with Crippen LogP contribution in [-0.4, -0.2) is 17.6 Å². The second kappa shape index (κ2) is 3.63. The Morgan fingerprint density at radius 3 is 3.00 bits per heavy atom. The van der Waals surface area contributed by atoms with Crippen LogP contribution in [0, 0.1) is 17.3 Å². The standard InChI is InChI=1S/C12H19NO2/c1-2-8-3-9-5-12(7-13,6-11(14)15)10(9)4-8/h4,9-10H,2-3,5-7,13H2,1H3,(H,14,15)/t9?,10?,12-/m1/s1. The van der Waals surface area contributed by atoms with Crippen LogP contribution >= 0.6 is 0 Å². The van der Waals surface area contributed by atoms with Crippen LogP contribution in [0.2, 0.25) is 0 Å². The first-order chi connectivity index (χ1) is 7.11. The molecule has 3 atom stereocenters. The molecule has 0 aromatic rings. The molecule has 15 heavy (non-hydrogen) atoms. The molecule has 3 N–H and O–H groups in total. The summed E-state index contributed by atoms with van der Waals surface area (Å²) in [6, 6.07) is 0. The van der Waals surface area contributed by atoms with E-state index in [1.165, 1.54) is 12.0 Å². The lowest BCUT2D eigenvalue weighted by molar-refractivity contribution is -0.144. The third-order valence-corrected chi connectivity index (χ3v) is 4.19. The van der Waals surface area contributed by atoms with Crippen molar-refractivity contribution in [1.29, 1.82) is 0 Å². The predicted molar refractivity (Wildman–Crippen MR) is 58.3 cm³/mol. The molecule has 0 bridgehead atoms. The van der Waals surface area contributed by atoms with E-state index in [4.69, 9.17) is 10.8 Å². The molecule has 3 nitrogen and oxygen atoms in total. The van der Waals surface area contributed by atoms with Crippen LogP contribution in [0.3, 0.4) is 0 Å². The number of rotatable bonds is 4. The molecule has 1 fully saturated rings. The number of carboxylic acids is 1. The van der Waals surface area contributed by atoms with Crippen LogP contribution in [0.1, 0.15) is 32.6 Å². The molecule has 0 spiro atoms. The Bertz CT molecular complexity index is 311. The van der Waals surface area contributed by atoms with Crippen LogP contribution in [0.15, 0.2) is 11.6 Å². The molecule has 0 saturated heterocycles. The minimum absolute atomic E-state index is 0.132. The van der Waals surface area contributed by atoms with E-state index in [9.17, 15) is 4.79 Å². The SMILES string of the molecule is CCC1=CC2C(C1)C[C@]2(CN)CC(=O)O. The summed E-state index contributed by atoms with van der Waals surface area (Å²) in [5.74, 6) is 0.411. The molecule has 0 radical (unpaired) electrons. The highest BCUT2D eigenvalue weighted by atomic mass is 16.4. The third-order valence-electron chi connectivity index (χ3n) is 4.19. The number of hydrogen-bond acceptors (Lipinski definition) is 2. The zero-order valence-electron chi connectivity index (χ0n) is 9.20. The van der Waals surface area contributed by atoms with Crippen LogP contribution in [0.25, 0.3) is 0 Å². The number of hydrogen-bond donors (Lipinski definition) is 2. The topological polar surface area (TPSA) is 63.3 Å². The Morgan fingerprint density at radius 2 is 2.47 bits per heavy atom. The van der Waals surface area contributed by atoms with Gasteiger partial charge in [0.25, 0.3) is 0 Å². The number of nitrogens with two attached hydrogens (primary N) is 1. The lowest BCUT2D eigenvalue weighted by Crippen LogP contribution is -2.51. The molecular weight excluding hydrogens is 190 g/mol. The average molecular weight is 209 g/mol. The van der Waals surface area contributed by atoms with Gasteiger partial charge in [0.1, 0.15) is 0 Å². The maximum Gasteiger partial charge on any atom is 0.303 e. The summed E-state index contributed by atoms with van der Waals surface area (Å²) in [7, 11) is 0. The van der Waals surface area contributed by atoms with E-state index in [-0.39, 0.29) is 11.8 Å². The first kappa shape index (κ1) is 10.7. The van der Waals surface area contributed by atoms with Gasteiger partial charge in [-0.15, -0.1) is 0 Å². The van der Waals surface area contributed by atoms with Crippen molar-refractivity contribution in [3.63, 3.8) is 0 Å². The minimum Gasteiger partial charge on any atom is -0.481 e. The summed E-state index contributed by atoms with van der Waals surface area (Å²) < 4.78 is 0. The van der Waals surface area contributed by atoms with Gasteiger partial charge in [0, 0.05) is 0 Å². The Hall–Kier alpha value is -0.830. The van der Waals surface area contributed by atoms with Crippen LogP contribution in [0.5, 0.6) is 0 Å². The van der Waals surface area contributed by atoms with Crippen molar-refractivity contribution >= 4 is 5.97 Å². The van der Waals surface area contributed by atoms with E-state index >= 15 is 0 Å². The molecule has 3 heteroatoms. The van der Waals surface area contributed by atoms with Gasteiger partial charge in [-0.05, 0) is 43.1 Å². The summed E-state index contributed by atoms with van der Waals surface area (Å²) in [5, 5.41) is 8.91. The van der Waals surface area contributed by atoms with Gasteiger partial charge in [0.15, 0.2) is 0 Å². The first-order valence-corrected chi connectivity index (χ1v) is 5.72. The summed E-state index contributed by atoms with van der Waals surface area (Å²) in [4.78, 5) is 10.8. The second-order valence-electron chi connectivity index (χ2n) is 5.01. The molecule has 2 aliphatic rings. The van der Waals surface area contributed by atoms with Gasteiger partial charge < -0.3 is 10.8 Å². The van der Waals surface area contributed by atoms with Crippen molar-refractivity contribution in [3.8, 4) is 0 Å². The van der Waals surface area contributed by atoms with E-state index in [1.807, 2.05) is 0 Å². The molecule has 2 aliphatic carbocycles. The molecule has 1 saturated carbocycles. The van der Waals surface area contributed by atoms with E-state index < -0.39 is 5.97 Å². The van der Waals surface area contributed by atoms with Gasteiger partial charge in [0.2, 0.25) is 0 Å². The lowest BCUT2D eigenvalue weighted by atomic mass is 9.53. The Balaban J connectivity index is 2.11. The maximum atomic E-state index is 10.8. The van der Waals surface area contributed by atoms with Gasteiger partial charge in [-0.2, -0.15) is 0 Å². The summed E-state index contributed by atoms with van der Waals surface area (Å²) >= 11 is 0. The normalized spacial score (nSPS) is 38.1. The first-order valence-electron chi connectivity index (χ1n) is 5.72. The third kappa shape index (κ3) is 1.59. The van der Waals surface area contributed by atoms with Gasteiger partial charge in [0.05, 0.1) is 6.42 Å². The highest BCUT2D eigenvalue weighted by Crippen LogP contribution is 2.59. The summed E-state index contributed by atoms with van der Waals surface area (Å²) in [6.45, 7) is 2.67. The van der Waals surface area contributed by atoms with Gasteiger partial charge in [-0.25, -0.2) is 0 Å². The van der Waals surface area contributed by atoms with Gasteiger partial charge >= 0.3 is 5.97 Å². The van der Waals surface area contributed by atoms with Crippen molar-refractivity contribution in [1.82, 2.24) is 0 Å². The lowest BCUT2D eigenvalue weighted by Gasteiger charge is -2.51. The highest BCUT2D eigenvalue weighted by Gasteiger charge is 2.54. The molecule has 2 unspecified atom stereocenters. The second-order valence-corrected chi connectivity index (χ2v) is 5.01. The maximum absolute atomic E-state index is 10.8. The molecule has 2 rings (SSSR count). The Kier molecular flexibility index (Phi) is 2.59. The number of fused-ring (bicyclic) bond motifs is 1. The predicted octanol–water partition coefficient (Wildman–Crippen LogP) is 1.78. The zero-order chi connectivity index (χ0) is 11.1. The fourth-order valence-corrected chi connectivity index (χ4v) is 3.34.